The van der Waals surface area contributed by atoms with Crippen LogP contribution >= 0.6 is 0 Å². The molecule has 0 radical (unpaired) electrons. The van der Waals surface area contributed by atoms with E-state index in [1.807, 2.05) is 36.4 Å². The number of furan rings is 2. The third-order valence-electron chi connectivity index (χ3n) is 11.0. The molecule has 0 saturated heterocycles. The van der Waals surface area contributed by atoms with Crippen LogP contribution in [0.4, 0.5) is 0 Å². The lowest BCUT2D eigenvalue weighted by Crippen LogP contribution is -1.94. The lowest BCUT2D eigenvalue weighted by molar-refractivity contribution is 0.666. The monoisotopic (exact) mass is 703 g/mol. The van der Waals surface area contributed by atoms with E-state index in [0.717, 1.165) is 72.0 Å². The Bertz CT molecular complexity index is 3480. The maximum absolute atomic E-state index is 6.91. The van der Waals surface area contributed by atoms with Crippen molar-refractivity contribution in [2.45, 2.75) is 0 Å². The molecule has 5 heteroatoms. The van der Waals surface area contributed by atoms with Gasteiger partial charge in [0.15, 0.2) is 17.0 Å². The van der Waals surface area contributed by atoms with Gasteiger partial charge < -0.3 is 13.4 Å². The normalized spacial score (nSPS) is 12.0. The number of hydrogen-bond donors (Lipinski definition) is 0. The molecule has 8 aromatic carbocycles. The zero-order valence-corrected chi connectivity index (χ0v) is 29.4. The van der Waals surface area contributed by atoms with Crippen molar-refractivity contribution in [2.24, 2.45) is 0 Å². The Labute approximate surface area is 314 Å². The first kappa shape index (κ1) is 30.0. The summed E-state index contributed by atoms with van der Waals surface area (Å²) in [4.78, 5) is 10.2. The predicted molar refractivity (Wildman–Crippen MR) is 225 cm³/mol. The molecule has 0 aliphatic rings. The molecule has 4 aromatic heterocycles. The molecule has 5 nitrogen and oxygen atoms in total. The molecule has 0 amide bonds. The molecule has 0 aliphatic heterocycles. The molecule has 0 spiro atoms. The van der Waals surface area contributed by atoms with Crippen LogP contribution in [-0.2, 0) is 0 Å². The topological polar surface area (TPSA) is 57.0 Å². The van der Waals surface area contributed by atoms with Crippen molar-refractivity contribution in [3.8, 4) is 39.5 Å². The van der Waals surface area contributed by atoms with Crippen molar-refractivity contribution >= 4 is 76.6 Å². The molecular formula is C50H29N3O2. The van der Waals surface area contributed by atoms with Gasteiger partial charge in [-0.25, -0.2) is 9.97 Å². The quantitative estimate of drug-likeness (QED) is 0.183. The summed E-state index contributed by atoms with van der Waals surface area (Å²) in [5.41, 5.74) is 12.1. The number of rotatable bonds is 4. The van der Waals surface area contributed by atoms with Gasteiger partial charge in [0.1, 0.15) is 22.4 Å². The minimum atomic E-state index is 0.615. The zero-order valence-electron chi connectivity index (χ0n) is 29.4. The van der Waals surface area contributed by atoms with Crippen LogP contribution in [0.1, 0.15) is 0 Å². The Morgan fingerprint density at radius 2 is 1.11 bits per heavy atom. The summed E-state index contributed by atoms with van der Waals surface area (Å²) in [5, 5.41) is 7.93. The zero-order chi connectivity index (χ0) is 36.0. The first-order valence-corrected chi connectivity index (χ1v) is 18.5. The highest BCUT2D eigenvalue weighted by Crippen LogP contribution is 2.42. The minimum Gasteiger partial charge on any atom is -0.454 e. The predicted octanol–water partition coefficient (Wildman–Crippen LogP) is 13.5. The first-order valence-electron chi connectivity index (χ1n) is 18.5. The Kier molecular flexibility index (Phi) is 6.27. The Hall–Kier alpha value is -7.50. The lowest BCUT2D eigenvalue weighted by atomic mass is 10.0. The minimum absolute atomic E-state index is 0.615. The van der Waals surface area contributed by atoms with Gasteiger partial charge in [0.05, 0.1) is 16.7 Å². The summed E-state index contributed by atoms with van der Waals surface area (Å²) in [6, 6.07) is 61.5. The van der Waals surface area contributed by atoms with Crippen LogP contribution in [0.5, 0.6) is 0 Å². The molecule has 0 fully saturated rings. The van der Waals surface area contributed by atoms with E-state index in [-0.39, 0.29) is 0 Å². The third kappa shape index (κ3) is 4.47. The molecule has 256 valence electrons. The SMILES string of the molecule is c1ccc(-c2ccc3c(c2)c2c4ccccc4ccc2n3-c2cccc3c2oc2cc(-c4nc(-c5ccccc5)c5oc6ccccc6c5n4)ccc23)cc1. The van der Waals surface area contributed by atoms with Gasteiger partial charge >= 0.3 is 0 Å². The molecule has 0 unspecified atom stereocenters. The van der Waals surface area contributed by atoms with Gasteiger partial charge in [-0.05, 0) is 70.4 Å². The number of hydrogen-bond acceptors (Lipinski definition) is 4. The second-order valence-electron chi connectivity index (χ2n) is 14.1. The van der Waals surface area contributed by atoms with Crippen molar-refractivity contribution in [3.63, 3.8) is 0 Å². The molecule has 0 aliphatic carbocycles. The average Bonchev–Trinajstić information content (AvgIpc) is 3.93. The maximum Gasteiger partial charge on any atom is 0.180 e. The van der Waals surface area contributed by atoms with Crippen molar-refractivity contribution < 1.29 is 8.83 Å². The molecular weight excluding hydrogens is 675 g/mol. The second-order valence-corrected chi connectivity index (χ2v) is 14.1. The van der Waals surface area contributed by atoms with Crippen LogP contribution in [0.3, 0.4) is 0 Å². The number of benzene rings is 8. The largest absolute Gasteiger partial charge is 0.454 e. The Morgan fingerprint density at radius 1 is 0.400 bits per heavy atom. The molecule has 0 saturated carbocycles. The second kappa shape index (κ2) is 11.5. The van der Waals surface area contributed by atoms with Crippen LogP contribution in [0.25, 0.3) is 116 Å². The standard InChI is InChI=1S/C50H29N3O2/c1-3-12-30(13-4-1)33-24-26-40-39(28-33)45-35-17-8-7-14-31(35)23-27-41(45)53(40)42-20-11-19-37-36-25-22-34(29-44(36)55-48(37)42)50-51-46(32-15-5-2-6-16-32)49-47(52-50)38-18-9-10-21-43(38)54-49/h1-29H. The van der Waals surface area contributed by atoms with E-state index in [4.69, 9.17) is 18.8 Å². The van der Waals surface area contributed by atoms with E-state index in [2.05, 4.69) is 144 Å². The van der Waals surface area contributed by atoms with E-state index in [1.54, 1.807) is 0 Å². The fourth-order valence-electron chi connectivity index (χ4n) is 8.47. The van der Waals surface area contributed by atoms with E-state index in [1.165, 1.54) is 32.7 Å². The van der Waals surface area contributed by atoms with Gasteiger partial charge in [-0.15, -0.1) is 0 Å². The van der Waals surface area contributed by atoms with Gasteiger partial charge in [0.2, 0.25) is 0 Å². The summed E-state index contributed by atoms with van der Waals surface area (Å²) < 4.78 is 15.6. The van der Waals surface area contributed by atoms with Crippen LogP contribution in [0.15, 0.2) is 185 Å². The van der Waals surface area contributed by atoms with Gasteiger partial charge in [-0.2, -0.15) is 0 Å². The van der Waals surface area contributed by atoms with E-state index >= 15 is 0 Å². The summed E-state index contributed by atoms with van der Waals surface area (Å²) in [5.74, 6) is 0.615. The number of para-hydroxylation sites is 2. The Balaban J connectivity index is 1.08. The van der Waals surface area contributed by atoms with Crippen LogP contribution in [-0.4, -0.2) is 14.5 Å². The average molecular weight is 704 g/mol. The molecule has 4 heterocycles. The maximum atomic E-state index is 6.91. The molecule has 0 atom stereocenters. The highest BCUT2D eigenvalue weighted by molar-refractivity contribution is 6.22. The Morgan fingerprint density at radius 3 is 1.98 bits per heavy atom. The number of fused-ring (bicyclic) bond motifs is 11. The smallest absolute Gasteiger partial charge is 0.180 e. The van der Waals surface area contributed by atoms with E-state index < -0.39 is 0 Å². The fourth-order valence-corrected chi connectivity index (χ4v) is 8.47. The van der Waals surface area contributed by atoms with Gasteiger partial charge in [-0.1, -0.05) is 127 Å². The van der Waals surface area contributed by atoms with Crippen molar-refractivity contribution in [1.82, 2.24) is 14.5 Å². The van der Waals surface area contributed by atoms with E-state index in [9.17, 15) is 0 Å². The van der Waals surface area contributed by atoms with Crippen molar-refractivity contribution in [2.75, 3.05) is 0 Å². The van der Waals surface area contributed by atoms with Crippen molar-refractivity contribution in [1.29, 1.82) is 0 Å². The first-order chi connectivity index (χ1) is 27.3. The third-order valence-corrected chi connectivity index (χ3v) is 11.0. The lowest BCUT2D eigenvalue weighted by Gasteiger charge is -2.09. The van der Waals surface area contributed by atoms with Gasteiger partial charge in [0.25, 0.3) is 0 Å². The van der Waals surface area contributed by atoms with Crippen LogP contribution in [0, 0.1) is 0 Å². The highest BCUT2D eigenvalue weighted by atomic mass is 16.3. The van der Waals surface area contributed by atoms with Crippen molar-refractivity contribution in [3.05, 3.63) is 176 Å². The highest BCUT2D eigenvalue weighted by Gasteiger charge is 2.22. The summed E-state index contributed by atoms with van der Waals surface area (Å²) in [7, 11) is 0. The molecule has 0 bridgehead atoms. The summed E-state index contributed by atoms with van der Waals surface area (Å²) in [6.07, 6.45) is 0. The molecule has 12 aromatic rings. The van der Waals surface area contributed by atoms with Crippen LogP contribution < -0.4 is 0 Å². The van der Waals surface area contributed by atoms with Gasteiger partial charge in [-0.3, -0.25) is 0 Å². The van der Waals surface area contributed by atoms with Gasteiger partial charge in [0, 0.05) is 38.1 Å². The molecule has 0 N–H and O–H groups in total. The summed E-state index contributed by atoms with van der Waals surface area (Å²) in [6.45, 7) is 0. The van der Waals surface area contributed by atoms with E-state index in [0.29, 0.717) is 11.4 Å². The van der Waals surface area contributed by atoms with Crippen LogP contribution in [0.2, 0.25) is 0 Å². The number of aromatic nitrogens is 3. The number of nitrogens with zero attached hydrogens (tertiary/aromatic N) is 3. The molecule has 12 rings (SSSR count). The summed E-state index contributed by atoms with van der Waals surface area (Å²) >= 11 is 0. The fraction of sp³-hybridized carbons (Fsp3) is 0. The molecule has 55 heavy (non-hydrogen) atoms.